The van der Waals surface area contributed by atoms with Crippen LogP contribution in [0.4, 0.5) is 4.79 Å². The third-order valence-electron chi connectivity index (χ3n) is 10.5. The molecule has 2 aliphatic heterocycles. The van der Waals surface area contributed by atoms with E-state index in [1.54, 1.807) is 15.5 Å². The number of aliphatic hydroxyl groups is 1. The van der Waals surface area contributed by atoms with Gasteiger partial charge in [0.2, 0.25) is 5.91 Å². The predicted octanol–water partition coefficient (Wildman–Crippen LogP) is 5.47. The smallest absolute Gasteiger partial charge is 0.410 e. The van der Waals surface area contributed by atoms with Crippen LogP contribution in [0.5, 0.6) is 0 Å². The number of halogens is 1. The van der Waals surface area contributed by atoms with Crippen molar-refractivity contribution in [2.75, 3.05) is 26.2 Å². The highest BCUT2D eigenvalue weighted by Gasteiger charge is 2.60. The van der Waals surface area contributed by atoms with Gasteiger partial charge in [-0.2, -0.15) is 0 Å². The summed E-state index contributed by atoms with van der Waals surface area (Å²) in [5.41, 5.74) is -0.668. The Kier molecular flexibility index (Phi) is 7.99. The third kappa shape index (κ3) is 6.25. The number of morpholine rings is 1. The van der Waals surface area contributed by atoms with Crippen molar-refractivity contribution in [3.8, 4) is 5.69 Å². The number of aromatic nitrogens is 3. The Morgan fingerprint density at radius 3 is 2.35 bits per heavy atom. The number of likely N-dealkylation sites (tertiary alicyclic amines) is 1. The molecule has 7 rings (SSSR count). The van der Waals surface area contributed by atoms with E-state index in [4.69, 9.17) is 21.1 Å². The first-order valence-corrected chi connectivity index (χ1v) is 17.5. The van der Waals surface area contributed by atoms with Crippen molar-refractivity contribution in [3.63, 3.8) is 0 Å². The van der Waals surface area contributed by atoms with Crippen molar-refractivity contribution in [2.24, 2.45) is 11.3 Å². The molecule has 0 unspecified atom stereocenters. The lowest BCUT2D eigenvalue weighted by atomic mass is 9.89. The quantitative estimate of drug-likeness (QED) is 0.367. The average Bonchev–Trinajstić information content (AvgIpc) is 3.94. The molecule has 2 aliphatic carbocycles. The Hall–Kier alpha value is -3.41. The fourth-order valence-corrected chi connectivity index (χ4v) is 7.81. The second-order valence-electron chi connectivity index (χ2n) is 16.0. The number of benzene rings is 1. The molecule has 1 N–H and O–H groups in total. The van der Waals surface area contributed by atoms with Gasteiger partial charge in [-0.1, -0.05) is 23.7 Å². The van der Waals surface area contributed by atoms with E-state index >= 15 is 0 Å². The number of nitrogens with zero attached hydrogens (tertiary/aromatic N) is 5. The summed E-state index contributed by atoms with van der Waals surface area (Å²) in [5, 5.41) is 12.1. The summed E-state index contributed by atoms with van der Waals surface area (Å²) in [6.45, 7) is 11.2. The van der Waals surface area contributed by atoms with Gasteiger partial charge in [0.1, 0.15) is 17.1 Å². The Morgan fingerprint density at radius 1 is 1.08 bits per heavy atom. The van der Waals surface area contributed by atoms with E-state index in [-0.39, 0.29) is 29.5 Å². The minimum absolute atomic E-state index is 0.0937. The largest absolute Gasteiger partial charge is 0.444 e. The molecule has 48 heavy (non-hydrogen) atoms. The van der Waals surface area contributed by atoms with Crippen molar-refractivity contribution in [3.05, 3.63) is 57.7 Å². The number of piperidine rings is 1. The maximum absolute atomic E-state index is 13.7. The fourth-order valence-electron chi connectivity index (χ4n) is 7.52. The van der Waals surface area contributed by atoms with Gasteiger partial charge < -0.3 is 19.5 Å². The first-order valence-electron chi connectivity index (χ1n) is 17.1. The summed E-state index contributed by atoms with van der Waals surface area (Å²) < 4.78 is 15.0. The van der Waals surface area contributed by atoms with Crippen LogP contribution in [0.1, 0.15) is 84.7 Å². The van der Waals surface area contributed by atoms with Gasteiger partial charge in [0.05, 0.1) is 47.7 Å². The van der Waals surface area contributed by atoms with Crippen molar-refractivity contribution >= 4 is 34.6 Å². The number of carbonyl (C=O) groups excluding carboxylic acids is 2. The van der Waals surface area contributed by atoms with Crippen molar-refractivity contribution in [1.82, 2.24) is 23.9 Å². The maximum Gasteiger partial charge on any atom is 0.410 e. The zero-order valence-corrected chi connectivity index (χ0v) is 29.3. The first kappa shape index (κ1) is 33.1. The molecule has 4 heterocycles. The molecule has 2 saturated carbocycles. The Labute approximate surface area is 285 Å². The Morgan fingerprint density at radius 2 is 1.75 bits per heavy atom. The van der Waals surface area contributed by atoms with E-state index in [1.165, 1.54) is 10.9 Å². The second kappa shape index (κ2) is 11.6. The van der Waals surface area contributed by atoms with Crippen molar-refractivity contribution in [1.29, 1.82) is 0 Å². The van der Waals surface area contributed by atoms with E-state index < -0.39 is 22.9 Å². The topological polar surface area (TPSA) is 119 Å². The monoisotopic (exact) mass is 679 g/mol. The molecule has 4 fully saturated rings. The fraction of sp³-hybridized carbons (Fsp3) is 0.611. The molecular weight excluding hydrogens is 634 g/mol. The van der Waals surface area contributed by atoms with Gasteiger partial charge in [0.15, 0.2) is 5.65 Å². The molecule has 3 aromatic rings. The predicted molar refractivity (Wildman–Crippen MR) is 181 cm³/mol. The molecule has 12 heteroatoms. The number of ether oxygens (including phenoxy) is 2. The highest BCUT2D eigenvalue weighted by molar-refractivity contribution is 6.31. The summed E-state index contributed by atoms with van der Waals surface area (Å²) >= 11 is 6.70. The number of hydrogen-bond donors (Lipinski definition) is 1. The molecule has 11 nitrogen and oxygen atoms in total. The summed E-state index contributed by atoms with van der Waals surface area (Å²) in [6, 6.07) is 8.88. The van der Waals surface area contributed by atoms with Gasteiger partial charge in [-0.05, 0) is 103 Å². The number of hydrogen-bond acceptors (Lipinski definition) is 7. The van der Waals surface area contributed by atoms with Crippen LogP contribution in [0.2, 0.25) is 5.15 Å². The summed E-state index contributed by atoms with van der Waals surface area (Å²) in [5.74, 6) is 0.806. The molecule has 4 aliphatic rings. The van der Waals surface area contributed by atoms with Crippen molar-refractivity contribution in [2.45, 2.75) is 103 Å². The van der Waals surface area contributed by atoms with E-state index in [9.17, 15) is 19.5 Å². The number of carbonyl (C=O) groups is 2. The maximum atomic E-state index is 13.7. The second-order valence-corrected chi connectivity index (χ2v) is 16.3. The highest BCUT2D eigenvalue weighted by atomic mass is 35.5. The van der Waals surface area contributed by atoms with E-state index in [2.05, 4.69) is 4.98 Å². The average molecular weight is 680 g/mol. The van der Waals surface area contributed by atoms with Gasteiger partial charge in [-0.25, -0.2) is 9.78 Å². The summed E-state index contributed by atoms with van der Waals surface area (Å²) in [7, 11) is 0. The molecule has 2 amide bonds. The first-order chi connectivity index (χ1) is 22.6. The van der Waals surface area contributed by atoms with E-state index in [0.717, 1.165) is 31.2 Å². The normalized spacial score (nSPS) is 23.3. The molecule has 1 atom stereocenters. The van der Waals surface area contributed by atoms with Gasteiger partial charge in [-0.15, -0.1) is 0 Å². The highest BCUT2D eigenvalue weighted by Crippen LogP contribution is 2.62. The molecule has 2 aromatic heterocycles. The van der Waals surface area contributed by atoms with Crippen molar-refractivity contribution < 1.29 is 24.2 Å². The molecular formula is C36H46ClN5O6. The third-order valence-corrected chi connectivity index (χ3v) is 10.8. The molecule has 1 aromatic carbocycles. The van der Waals surface area contributed by atoms with Crippen LogP contribution >= 0.6 is 11.6 Å². The Balaban J connectivity index is 1.08. The molecule has 0 radical (unpaired) electrons. The number of rotatable bonds is 6. The minimum atomic E-state index is -1.11. The van der Waals surface area contributed by atoms with Crippen LogP contribution in [-0.2, 0) is 20.8 Å². The summed E-state index contributed by atoms with van der Waals surface area (Å²) in [6.07, 6.45) is 6.19. The lowest BCUT2D eigenvalue weighted by Gasteiger charge is -2.44. The Bertz CT molecular complexity index is 1790. The zero-order valence-electron chi connectivity index (χ0n) is 28.5. The van der Waals surface area contributed by atoms with Gasteiger partial charge in [0.25, 0.3) is 5.56 Å². The van der Waals surface area contributed by atoms with Crippen LogP contribution in [0.3, 0.4) is 0 Å². The van der Waals surface area contributed by atoms with Gasteiger partial charge in [0, 0.05) is 18.8 Å². The van der Waals surface area contributed by atoms with E-state index in [0.29, 0.717) is 66.9 Å². The van der Waals surface area contributed by atoms with Crippen LogP contribution in [0.25, 0.3) is 16.7 Å². The van der Waals surface area contributed by atoms with Crippen LogP contribution in [0, 0.1) is 11.3 Å². The van der Waals surface area contributed by atoms with Gasteiger partial charge in [-0.3, -0.25) is 23.6 Å². The van der Waals surface area contributed by atoms with Crippen LogP contribution in [0.15, 0.2) is 41.5 Å². The number of amides is 2. The molecule has 258 valence electrons. The number of fused-ring (bicyclic) bond motifs is 1. The van der Waals surface area contributed by atoms with Crippen LogP contribution < -0.4 is 5.56 Å². The molecule has 0 bridgehead atoms. The SMILES string of the molecule is CC(C)(C)OC(=O)N1CC(C)(C)OC[C@H]1c1ccc(-n2c(Cl)cc3c(=O)n(CC4(O)CCN(C(=O)C5(C6CC6)CC5)CC4)cnc32)cc1. The standard InChI is InChI=1S/C36H46ClN5O6/c1-33(2,3)48-32(45)41-20-34(4,5)47-19-27(41)23-6-10-25(11-7-23)42-28(37)18-26-29(42)38-22-40(30(26)43)21-35(46)14-16-39(17-15-35)31(44)36(12-13-36)24-8-9-24/h6-7,10-11,18,22,24,27,46H,8-9,12-17,19-21H2,1-5H3/t27-/m0/s1. The molecule has 0 spiro atoms. The molecule has 2 saturated heterocycles. The zero-order chi connectivity index (χ0) is 34.2. The van der Waals surface area contributed by atoms with Crippen LogP contribution in [-0.4, -0.2) is 84.1 Å². The lowest BCUT2D eigenvalue weighted by Crippen LogP contribution is -2.53. The lowest BCUT2D eigenvalue weighted by molar-refractivity contribution is -0.142. The van der Waals surface area contributed by atoms with Gasteiger partial charge >= 0.3 is 6.09 Å². The summed E-state index contributed by atoms with van der Waals surface area (Å²) in [4.78, 5) is 48.4. The van der Waals surface area contributed by atoms with E-state index in [1.807, 2.05) is 63.8 Å². The minimum Gasteiger partial charge on any atom is -0.444 e.